The van der Waals surface area contributed by atoms with E-state index < -0.39 is 22.4 Å². The molecule has 3 aromatic carbocycles. The molecule has 0 aliphatic heterocycles. The van der Waals surface area contributed by atoms with Gasteiger partial charge in [-0.15, -0.1) is 0 Å². The van der Waals surface area contributed by atoms with E-state index in [1.165, 1.54) is 12.1 Å². The lowest BCUT2D eigenvalue weighted by Crippen LogP contribution is -2.10. The number of benzene rings is 3. The molecule has 0 bridgehead atoms. The Balaban J connectivity index is 1.79. The third kappa shape index (κ3) is 8.29. The molecule has 186 valence electrons. The zero-order valence-electron chi connectivity index (χ0n) is 19.8. The summed E-state index contributed by atoms with van der Waals surface area (Å²) < 4.78 is 47.1. The van der Waals surface area contributed by atoms with E-state index in [2.05, 4.69) is 11.8 Å². The van der Waals surface area contributed by atoms with E-state index in [1.807, 2.05) is 18.2 Å². The van der Waals surface area contributed by atoms with Crippen molar-refractivity contribution in [2.24, 2.45) is 0 Å². The summed E-state index contributed by atoms with van der Waals surface area (Å²) >= 11 is 0. The van der Waals surface area contributed by atoms with Crippen LogP contribution in [0.15, 0.2) is 72.8 Å². The predicted molar refractivity (Wildman–Crippen MR) is 136 cm³/mol. The number of hydrogen-bond donors (Lipinski definition) is 1. The first-order valence-corrected chi connectivity index (χ1v) is 13.0. The zero-order chi connectivity index (χ0) is 26.1. The molecule has 0 atom stereocenters. The van der Waals surface area contributed by atoms with E-state index in [4.69, 9.17) is 14.6 Å². The molecular formula is C28H25FO6S. The Morgan fingerprint density at radius 1 is 1.00 bits per heavy atom. The van der Waals surface area contributed by atoms with Gasteiger partial charge < -0.3 is 14.6 Å². The van der Waals surface area contributed by atoms with Gasteiger partial charge in [-0.05, 0) is 77.7 Å². The maximum Gasteiger partial charge on any atom is 0.341 e. The van der Waals surface area contributed by atoms with Crippen LogP contribution in [0.2, 0.25) is 0 Å². The van der Waals surface area contributed by atoms with E-state index in [9.17, 15) is 17.6 Å². The van der Waals surface area contributed by atoms with Gasteiger partial charge in [-0.2, -0.15) is 0 Å². The number of hydrogen-bond acceptors (Lipinski definition) is 5. The standard InChI is InChI=1S/C28H25FO6S/c1-20-18-25(13-14-27(20)35-19-28(30)31)34-16-15-26(23-9-11-24(29)12-10-23)22-7-5-21(6-8-22)4-3-17-36(2,32)33/h5-15,18H,16-17,19H2,1-2H3,(H,30,31)/b26-15-. The number of ether oxygens (including phenoxy) is 2. The lowest BCUT2D eigenvalue weighted by molar-refractivity contribution is -0.139. The lowest BCUT2D eigenvalue weighted by Gasteiger charge is -2.12. The minimum absolute atomic E-state index is 0.209. The molecule has 0 unspecified atom stereocenters. The summed E-state index contributed by atoms with van der Waals surface area (Å²) in [6, 6.07) is 18.5. The number of aliphatic carboxylic acids is 1. The van der Waals surface area contributed by atoms with Crippen LogP contribution < -0.4 is 9.47 Å². The molecule has 3 rings (SSSR count). The van der Waals surface area contributed by atoms with Gasteiger partial charge in [0.1, 0.15) is 29.7 Å². The average Bonchev–Trinajstić information content (AvgIpc) is 2.82. The van der Waals surface area contributed by atoms with Gasteiger partial charge in [0.25, 0.3) is 0 Å². The van der Waals surface area contributed by atoms with Crippen LogP contribution in [0.3, 0.4) is 0 Å². The second-order valence-electron chi connectivity index (χ2n) is 7.99. The fraction of sp³-hybridized carbons (Fsp3) is 0.179. The van der Waals surface area contributed by atoms with Gasteiger partial charge in [-0.25, -0.2) is 17.6 Å². The van der Waals surface area contributed by atoms with Gasteiger partial charge in [0.05, 0.1) is 0 Å². The van der Waals surface area contributed by atoms with Crippen LogP contribution in [0, 0.1) is 24.6 Å². The maximum absolute atomic E-state index is 13.5. The molecule has 0 saturated heterocycles. The largest absolute Gasteiger partial charge is 0.489 e. The molecule has 0 aromatic heterocycles. The molecule has 1 N–H and O–H groups in total. The van der Waals surface area contributed by atoms with Crippen LogP contribution in [-0.4, -0.2) is 44.7 Å². The number of rotatable bonds is 9. The van der Waals surface area contributed by atoms with Crippen LogP contribution in [0.4, 0.5) is 4.39 Å². The quantitative estimate of drug-likeness (QED) is 0.428. The fourth-order valence-corrected chi connectivity index (χ4v) is 3.60. The van der Waals surface area contributed by atoms with E-state index in [-0.39, 0.29) is 18.2 Å². The topological polar surface area (TPSA) is 89.9 Å². The molecule has 0 aliphatic rings. The van der Waals surface area contributed by atoms with Crippen molar-refractivity contribution in [3.63, 3.8) is 0 Å². The van der Waals surface area contributed by atoms with Crippen LogP contribution in [0.5, 0.6) is 11.5 Å². The van der Waals surface area contributed by atoms with Crippen molar-refractivity contribution in [2.45, 2.75) is 6.92 Å². The molecule has 0 aliphatic carbocycles. The number of carboxylic acids is 1. The molecule has 0 radical (unpaired) electrons. The molecule has 0 amide bonds. The van der Waals surface area contributed by atoms with E-state index in [1.54, 1.807) is 49.4 Å². The summed E-state index contributed by atoms with van der Waals surface area (Å²) in [6.07, 6.45) is 3.01. The summed E-state index contributed by atoms with van der Waals surface area (Å²) in [7, 11) is -3.16. The summed E-state index contributed by atoms with van der Waals surface area (Å²) in [5.74, 6) is 4.93. The van der Waals surface area contributed by atoms with Crippen molar-refractivity contribution in [1.29, 1.82) is 0 Å². The van der Waals surface area contributed by atoms with Gasteiger partial charge in [-0.1, -0.05) is 36.1 Å². The molecule has 3 aromatic rings. The number of carbonyl (C=O) groups is 1. The molecule has 36 heavy (non-hydrogen) atoms. The second-order valence-corrected chi connectivity index (χ2v) is 10.1. The Morgan fingerprint density at radius 3 is 2.22 bits per heavy atom. The van der Waals surface area contributed by atoms with E-state index >= 15 is 0 Å². The maximum atomic E-state index is 13.5. The minimum Gasteiger partial charge on any atom is -0.489 e. The minimum atomic E-state index is -3.16. The SMILES string of the molecule is Cc1cc(OC/C=C(\c2ccc(F)cc2)c2ccc(C#CCS(C)(=O)=O)cc2)ccc1OCC(=O)O. The van der Waals surface area contributed by atoms with Gasteiger partial charge in [0.2, 0.25) is 0 Å². The summed E-state index contributed by atoms with van der Waals surface area (Å²) in [6.45, 7) is 1.59. The highest BCUT2D eigenvalue weighted by molar-refractivity contribution is 7.90. The lowest BCUT2D eigenvalue weighted by atomic mass is 9.97. The Labute approximate surface area is 209 Å². The van der Waals surface area contributed by atoms with Gasteiger partial charge in [0.15, 0.2) is 16.4 Å². The molecule has 6 nitrogen and oxygen atoms in total. The highest BCUT2D eigenvalue weighted by Crippen LogP contribution is 2.26. The molecular weight excluding hydrogens is 483 g/mol. The van der Waals surface area contributed by atoms with Crippen LogP contribution in [0.1, 0.15) is 22.3 Å². The molecule has 0 saturated carbocycles. The zero-order valence-corrected chi connectivity index (χ0v) is 20.6. The first-order chi connectivity index (χ1) is 17.1. The average molecular weight is 509 g/mol. The number of sulfone groups is 1. The Hall–Kier alpha value is -4.09. The Morgan fingerprint density at radius 2 is 1.64 bits per heavy atom. The molecule has 0 spiro atoms. The van der Waals surface area contributed by atoms with Crippen molar-refractivity contribution >= 4 is 21.4 Å². The molecule has 8 heteroatoms. The number of aryl methyl sites for hydroxylation is 1. The first kappa shape index (κ1) is 26.5. The van der Waals surface area contributed by atoms with Gasteiger partial charge in [0, 0.05) is 11.8 Å². The number of carboxylic acid groups (broad SMARTS) is 1. The van der Waals surface area contributed by atoms with Crippen LogP contribution in [0.25, 0.3) is 5.57 Å². The predicted octanol–water partition coefficient (Wildman–Crippen LogP) is 4.50. The van der Waals surface area contributed by atoms with Crippen LogP contribution in [-0.2, 0) is 14.6 Å². The van der Waals surface area contributed by atoms with Crippen molar-refractivity contribution in [1.82, 2.24) is 0 Å². The van der Waals surface area contributed by atoms with E-state index in [0.717, 1.165) is 28.5 Å². The van der Waals surface area contributed by atoms with Crippen molar-refractivity contribution in [3.8, 4) is 23.3 Å². The monoisotopic (exact) mass is 508 g/mol. The highest BCUT2D eigenvalue weighted by atomic mass is 32.2. The third-order valence-electron chi connectivity index (χ3n) is 4.95. The van der Waals surface area contributed by atoms with Gasteiger partial charge >= 0.3 is 5.97 Å². The van der Waals surface area contributed by atoms with Gasteiger partial charge in [-0.3, -0.25) is 0 Å². The van der Waals surface area contributed by atoms with E-state index in [0.29, 0.717) is 17.1 Å². The second kappa shape index (κ2) is 12.0. The molecule has 0 fully saturated rings. The molecule has 0 heterocycles. The van der Waals surface area contributed by atoms with Crippen molar-refractivity contribution in [3.05, 3.63) is 101 Å². The van der Waals surface area contributed by atoms with Crippen LogP contribution >= 0.6 is 0 Å². The summed E-state index contributed by atoms with van der Waals surface area (Å²) in [5, 5.41) is 8.77. The highest BCUT2D eigenvalue weighted by Gasteiger charge is 2.08. The number of halogens is 1. The Bertz CT molecular complexity index is 1410. The Kier molecular flexibility index (Phi) is 8.87. The fourth-order valence-electron chi connectivity index (χ4n) is 3.27. The summed E-state index contributed by atoms with van der Waals surface area (Å²) in [4.78, 5) is 10.7. The normalized spacial score (nSPS) is 11.4. The first-order valence-electron chi connectivity index (χ1n) is 10.9. The van der Waals surface area contributed by atoms with Crippen molar-refractivity contribution in [2.75, 3.05) is 25.2 Å². The van der Waals surface area contributed by atoms with Crippen molar-refractivity contribution < 1.29 is 32.2 Å². The third-order valence-corrected chi connectivity index (χ3v) is 5.62. The smallest absolute Gasteiger partial charge is 0.341 e. The summed E-state index contributed by atoms with van der Waals surface area (Å²) in [5.41, 5.74) is 3.89.